The fourth-order valence-electron chi connectivity index (χ4n) is 2.30. The molecule has 1 heterocycles. The predicted molar refractivity (Wildman–Crippen MR) is 101 cm³/mol. The van der Waals surface area contributed by atoms with Crippen LogP contribution in [0.3, 0.4) is 0 Å². The molecule has 2 rings (SSSR count). The number of nitrogens with one attached hydrogen (secondary N) is 1. The molecular weight excluding hydrogens is 330 g/mol. The molecule has 2 aromatic rings. The average Bonchev–Trinajstić information content (AvgIpc) is 2.62. The molecule has 0 aliphatic carbocycles. The summed E-state index contributed by atoms with van der Waals surface area (Å²) >= 11 is 0. The third-order valence-electron chi connectivity index (χ3n) is 3.85. The van der Waals surface area contributed by atoms with E-state index in [0.29, 0.717) is 17.9 Å². The summed E-state index contributed by atoms with van der Waals surface area (Å²) in [6.07, 6.45) is 5.57. The Hall–Kier alpha value is -2.89. The number of carbonyl (C=O) groups excluding carboxylic acids is 2. The van der Waals surface area contributed by atoms with Crippen LogP contribution in [0.1, 0.15) is 30.1 Å². The summed E-state index contributed by atoms with van der Waals surface area (Å²) in [4.78, 5) is 26.0. The molecule has 1 N–H and O–H groups in total. The Bertz CT molecular complexity index is 725. The van der Waals surface area contributed by atoms with Gasteiger partial charge in [0.15, 0.2) is 12.4 Å². The maximum Gasteiger partial charge on any atom is 0.338 e. The van der Waals surface area contributed by atoms with Gasteiger partial charge in [-0.1, -0.05) is 13.3 Å². The van der Waals surface area contributed by atoms with Crippen molar-refractivity contribution in [3.05, 3.63) is 54.4 Å². The van der Waals surface area contributed by atoms with Crippen LogP contribution >= 0.6 is 0 Å². The number of anilines is 2. The summed E-state index contributed by atoms with van der Waals surface area (Å²) in [5.74, 6) is -0.473. The van der Waals surface area contributed by atoms with E-state index in [4.69, 9.17) is 4.74 Å². The van der Waals surface area contributed by atoms with Crippen LogP contribution in [0.5, 0.6) is 0 Å². The second-order valence-electron chi connectivity index (χ2n) is 6.24. The Kier molecular flexibility index (Phi) is 7.14. The molecule has 6 nitrogen and oxygen atoms in total. The Morgan fingerprint density at radius 2 is 1.73 bits per heavy atom. The first kappa shape index (κ1) is 19.4. The molecule has 0 saturated heterocycles. The Morgan fingerprint density at radius 3 is 2.31 bits per heavy atom. The van der Waals surface area contributed by atoms with Gasteiger partial charge < -0.3 is 15.0 Å². The molecular formula is C20H26N3O3+. The van der Waals surface area contributed by atoms with Crippen molar-refractivity contribution in [3.8, 4) is 0 Å². The highest BCUT2D eigenvalue weighted by molar-refractivity contribution is 5.92. The van der Waals surface area contributed by atoms with Crippen LogP contribution in [0.4, 0.5) is 11.4 Å². The number of aromatic nitrogens is 1. The quantitative estimate of drug-likeness (QED) is 0.449. The van der Waals surface area contributed by atoms with Crippen molar-refractivity contribution in [2.24, 2.45) is 0 Å². The van der Waals surface area contributed by atoms with Crippen LogP contribution in [0.25, 0.3) is 0 Å². The highest BCUT2D eigenvalue weighted by atomic mass is 16.5. The summed E-state index contributed by atoms with van der Waals surface area (Å²) in [5.41, 5.74) is 2.20. The molecule has 0 aliphatic heterocycles. The number of hydrogen-bond donors (Lipinski definition) is 1. The van der Waals surface area contributed by atoms with Gasteiger partial charge in [-0.05, 0) is 30.7 Å². The maximum absolute atomic E-state index is 12.2. The van der Waals surface area contributed by atoms with E-state index < -0.39 is 0 Å². The van der Waals surface area contributed by atoms with Gasteiger partial charge in [-0.2, -0.15) is 4.57 Å². The standard InChI is InChI=1S/C20H25N3O3/c1-4-5-14-26-20(25)16-6-8-17(9-7-16)21-19(24)15-23-12-10-18(11-13-23)22(2)3/h6-13H,4-5,14-15H2,1-3H3/p+1. The number of benzene rings is 1. The topological polar surface area (TPSA) is 62.5 Å². The summed E-state index contributed by atoms with van der Waals surface area (Å²) < 4.78 is 6.97. The molecule has 6 heteroatoms. The summed E-state index contributed by atoms with van der Waals surface area (Å²) in [6.45, 7) is 2.69. The third kappa shape index (κ3) is 5.88. The molecule has 0 unspecified atom stereocenters. The number of hydrogen-bond acceptors (Lipinski definition) is 4. The predicted octanol–water partition coefficient (Wildman–Crippen LogP) is 2.64. The lowest BCUT2D eigenvalue weighted by atomic mass is 10.2. The lowest BCUT2D eigenvalue weighted by Gasteiger charge is -2.10. The monoisotopic (exact) mass is 356 g/mol. The molecule has 0 fully saturated rings. The molecule has 1 aromatic heterocycles. The summed E-state index contributed by atoms with van der Waals surface area (Å²) in [6, 6.07) is 10.6. The van der Waals surface area contributed by atoms with Crippen molar-refractivity contribution in [2.45, 2.75) is 26.3 Å². The second kappa shape index (κ2) is 9.56. The molecule has 138 valence electrons. The van der Waals surface area contributed by atoms with Crippen molar-refractivity contribution >= 4 is 23.3 Å². The minimum absolute atomic E-state index is 0.133. The normalized spacial score (nSPS) is 10.3. The Balaban J connectivity index is 1.87. The minimum Gasteiger partial charge on any atom is -0.462 e. The van der Waals surface area contributed by atoms with Crippen LogP contribution in [-0.4, -0.2) is 32.6 Å². The molecule has 1 aromatic carbocycles. The number of ether oxygens (including phenoxy) is 1. The van der Waals surface area contributed by atoms with Crippen molar-refractivity contribution in [1.29, 1.82) is 0 Å². The summed E-state index contributed by atoms with van der Waals surface area (Å²) in [5, 5.41) is 2.82. The van der Waals surface area contributed by atoms with E-state index in [-0.39, 0.29) is 18.4 Å². The second-order valence-corrected chi connectivity index (χ2v) is 6.24. The average molecular weight is 356 g/mol. The van der Waals surface area contributed by atoms with Gasteiger partial charge in [0.25, 0.3) is 5.91 Å². The first-order valence-corrected chi connectivity index (χ1v) is 8.73. The number of amides is 1. The molecule has 0 spiro atoms. The minimum atomic E-state index is -0.340. The van der Waals surface area contributed by atoms with Gasteiger partial charge in [-0.25, -0.2) is 4.79 Å². The van der Waals surface area contributed by atoms with Crippen LogP contribution in [0.2, 0.25) is 0 Å². The van der Waals surface area contributed by atoms with E-state index in [0.717, 1.165) is 18.5 Å². The first-order valence-electron chi connectivity index (χ1n) is 8.73. The lowest BCUT2D eigenvalue weighted by molar-refractivity contribution is -0.684. The third-order valence-corrected chi connectivity index (χ3v) is 3.85. The van der Waals surface area contributed by atoms with E-state index >= 15 is 0 Å². The fourth-order valence-corrected chi connectivity index (χ4v) is 2.30. The van der Waals surface area contributed by atoms with Crippen molar-refractivity contribution in [2.75, 3.05) is 30.9 Å². The van der Waals surface area contributed by atoms with E-state index in [1.807, 2.05) is 55.0 Å². The zero-order valence-electron chi connectivity index (χ0n) is 15.6. The van der Waals surface area contributed by atoms with Crippen LogP contribution in [-0.2, 0) is 16.1 Å². The van der Waals surface area contributed by atoms with Gasteiger partial charge in [0.1, 0.15) is 0 Å². The highest BCUT2D eigenvalue weighted by Crippen LogP contribution is 2.11. The Morgan fingerprint density at radius 1 is 1.08 bits per heavy atom. The largest absolute Gasteiger partial charge is 0.462 e. The van der Waals surface area contributed by atoms with Crippen molar-refractivity contribution in [1.82, 2.24) is 0 Å². The van der Waals surface area contributed by atoms with Gasteiger partial charge in [-0.15, -0.1) is 0 Å². The number of unbranched alkanes of at least 4 members (excludes halogenated alkanes) is 1. The van der Waals surface area contributed by atoms with Crippen molar-refractivity contribution < 1.29 is 18.9 Å². The molecule has 1 amide bonds. The molecule has 0 saturated carbocycles. The first-order chi connectivity index (χ1) is 12.5. The lowest BCUT2D eigenvalue weighted by Crippen LogP contribution is -2.39. The SMILES string of the molecule is CCCCOC(=O)c1ccc(NC(=O)C[n+]2ccc(N(C)C)cc2)cc1. The maximum atomic E-state index is 12.2. The van der Waals surface area contributed by atoms with E-state index in [1.54, 1.807) is 24.3 Å². The molecule has 0 radical (unpaired) electrons. The molecule has 0 atom stereocenters. The van der Waals surface area contributed by atoms with Gasteiger partial charge in [0.2, 0.25) is 6.54 Å². The number of pyridine rings is 1. The van der Waals surface area contributed by atoms with E-state index in [9.17, 15) is 9.59 Å². The van der Waals surface area contributed by atoms with E-state index in [1.165, 1.54) is 0 Å². The fraction of sp³-hybridized carbons (Fsp3) is 0.350. The number of carbonyl (C=O) groups is 2. The van der Waals surface area contributed by atoms with Gasteiger partial charge >= 0.3 is 5.97 Å². The molecule has 26 heavy (non-hydrogen) atoms. The Labute approximate surface area is 154 Å². The molecule has 0 bridgehead atoms. The van der Waals surface area contributed by atoms with Crippen LogP contribution < -0.4 is 14.8 Å². The van der Waals surface area contributed by atoms with Gasteiger partial charge in [0.05, 0.1) is 12.2 Å². The highest BCUT2D eigenvalue weighted by Gasteiger charge is 2.11. The van der Waals surface area contributed by atoms with Gasteiger partial charge in [0, 0.05) is 37.6 Å². The van der Waals surface area contributed by atoms with E-state index in [2.05, 4.69) is 5.32 Å². The van der Waals surface area contributed by atoms with Crippen LogP contribution in [0.15, 0.2) is 48.8 Å². The number of nitrogens with zero attached hydrogens (tertiary/aromatic N) is 2. The van der Waals surface area contributed by atoms with Crippen LogP contribution in [0, 0.1) is 0 Å². The zero-order valence-corrected chi connectivity index (χ0v) is 15.6. The summed E-state index contributed by atoms with van der Waals surface area (Å²) in [7, 11) is 3.94. The number of esters is 1. The zero-order chi connectivity index (χ0) is 18.9. The molecule has 0 aliphatic rings. The van der Waals surface area contributed by atoms with Crippen molar-refractivity contribution in [3.63, 3.8) is 0 Å². The number of rotatable bonds is 8. The van der Waals surface area contributed by atoms with Gasteiger partial charge in [-0.3, -0.25) is 4.79 Å². The smallest absolute Gasteiger partial charge is 0.338 e.